The zero-order valence-electron chi connectivity index (χ0n) is 24.9. The van der Waals surface area contributed by atoms with Gasteiger partial charge in [-0.05, 0) is 56.5 Å². The Morgan fingerprint density at radius 2 is 1.71 bits per heavy atom. The van der Waals surface area contributed by atoms with Crippen LogP contribution in [-0.2, 0) is 5.41 Å². The predicted octanol–water partition coefficient (Wildman–Crippen LogP) is 5.18. The molecule has 222 valence electrons. The Hall–Kier alpha value is -3.96. The molecule has 1 saturated heterocycles. The van der Waals surface area contributed by atoms with Gasteiger partial charge in [0.05, 0.1) is 0 Å². The van der Waals surface area contributed by atoms with Gasteiger partial charge in [-0.2, -0.15) is 5.10 Å². The van der Waals surface area contributed by atoms with Crippen molar-refractivity contribution in [2.24, 2.45) is 0 Å². The molecule has 1 aliphatic carbocycles. The van der Waals surface area contributed by atoms with E-state index in [1.807, 2.05) is 49.6 Å². The quantitative estimate of drug-likeness (QED) is 0.299. The van der Waals surface area contributed by atoms with Crippen molar-refractivity contribution in [3.8, 4) is 11.1 Å². The van der Waals surface area contributed by atoms with Crippen LogP contribution in [-0.4, -0.2) is 74.9 Å². The number of likely N-dealkylation sites (N-methyl/N-ethyl adjacent to an activating group) is 1. The summed E-state index contributed by atoms with van der Waals surface area (Å²) in [6.07, 6.45) is 6.20. The number of hydrogen-bond acceptors (Lipinski definition) is 8. The summed E-state index contributed by atoms with van der Waals surface area (Å²) >= 11 is 0. The third-order valence-electron chi connectivity index (χ3n) is 8.72. The van der Waals surface area contributed by atoms with E-state index >= 15 is 0 Å². The molecule has 1 aromatic carbocycles. The molecule has 11 heteroatoms. The molecule has 2 aliphatic rings. The third-order valence-corrected chi connectivity index (χ3v) is 8.72. The Bertz CT molecular complexity index is 1540. The largest absolute Gasteiger partial charge is 0.382 e. The molecule has 4 heterocycles. The van der Waals surface area contributed by atoms with Crippen LogP contribution in [0.25, 0.3) is 16.6 Å². The number of nitrogens with zero attached hydrogens (tertiary/aromatic N) is 6. The minimum Gasteiger partial charge on any atom is -0.382 e. The standard InChI is InChI=1S/C31H41N9O2/c1-31(2,3)26-18-27(37-42-26)36-30(41)35-22-9-5-20(6-10-22)24-17-25(40-28(24)29(32)33-19-34-40)21-7-11-23(12-8-21)39-15-13-38(4)14-16-39/h5-6,9-10,17-19,21,23H,7-8,11-16H2,1-4H3,(H2,32,33,34)(H2,35,36,37,41)/t21-,23-. The number of aromatic nitrogens is 4. The first-order valence-corrected chi connectivity index (χ1v) is 14.9. The van der Waals surface area contributed by atoms with Crippen molar-refractivity contribution in [3.05, 3.63) is 54.2 Å². The lowest BCUT2D eigenvalue weighted by molar-refractivity contribution is 0.0874. The summed E-state index contributed by atoms with van der Waals surface area (Å²) in [4.78, 5) is 22.0. The molecule has 0 unspecified atom stereocenters. The van der Waals surface area contributed by atoms with E-state index in [0.717, 1.165) is 42.6 Å². The fourth-order valence-corrected chi connectivity index (χ4v) is 6.23. The van der Waals surface area contributed by atoms with Gasteiger partial charge in [-0.1, -0.05) is 38.1 Å². The van der Waals surface area contributed by atoms with Crippen LogP contribution in [0.5, 0.6) is 0 Å². The molecule has 1 saturated carbocycles. The van der Waals surface area contributed by atoms with Crippen LogP contribution < -0.4 is 16.4 Å². The van der Waals surface area contributed by atoms with E-state index in [-0.39, 0.29) is 5.41 Å². The number of urea groups is 1. The molecule has 1 aliphatic heterocycles. The van der Waals surface area contributed by atoms with Crippen molar-refractivity contribution >= 4 is 28.9 Å². The highest BCUT2D eigenvalue weighted by atomic mass is 16.5. The molecule has 2 fully saturated rings. The van der Waals surface area contributed by atoms with Gasteiger partial charge in [-0.3, -0.25) is 10.2 Å². The number of fused-ring (bicyclic) bond motifs is 1. The lowest BCUT2D eigenvalue weighted by atomic mass is 9.83. The van der Waals surface area contributed by atoms with Gasteiger partial charge < -0.3 is 20.5 Å². The van der Waals surface area contributed by atoms with Crippen molar-refractivity contribution < 1.29 is 9.32 Å². The van der Waals surface area contributed by atoms with Gasteiger partial charge >= 0.3 is 6.03 Å². The van der Waals surface area contributed by atoms with Crippen molar-refractivity contribution in [2.75, 3.05) is 49.6 Å². The number of piperazine rings is 1. The molecule has 11 nitrogen and oxygen atoms in total. The number of carbonyl (C=O) groups excluding carboxylic acids is 1. The maximum Gasteiger partial charge on any atom is 0.324 e. The summed E-state index contributed by atoms with van der Waals surface area (Å²) in [7, 11) is 2.21. The number of nitrogen functional groups attached to an aromatic ring is 1. The second-order valence-electron chi connectivity index (χ2n) is 12.7. The topological polar surface area (TPSA) is 130 Å². The third kappa shape index (κ3) is 5.84. The zero-order chi connectivity index (χ0) is 29.4. The Kier molecular flexibility index (Phi) is 7.63. The second-order valence-corrected chi connectivity index (χ2v) is 12.7. The molecule has 0 atom stereocenters. The SMILES string of the molecule is CN1CCN([C@H]2CC[C@H](c3cc(-c4ccc(NC(=O)Nc5cc(C(C)(C)C)on5)cc4)c4c(N)ncnn43)CC2)CC1. The van der Waals surface area contributed by atoms with Crippen LogP contribution in [0.15, 0.2) is 47.2 Å². The van der Waals surface area contributed by atoms with E-state index in [1.54, 1.807) is 6.07 Å². The molecule has 4 N–H and O–H groups in total. The Balaban J connectivity index is 1.16. The highest BCUT2D eigenvalue weighted by molar-refractivity contribution is 5.99. The van der Waals surface area contributed by atoms with Crippen molar-refractivity contribution in [3.63, 3.8) is 0 Å². The first-order chi connectivity index (χ1) is 20.2. The first-order valence-electron chi connectivity index (χ1n) is 14.9. The number of hydrogen-bond donors (Lipinski definition) is 3. The monoisotopic (exact) mass is 571 g/mol. The normalized spacial score (nSPS) is 20.6. The number of benzene rings is 1. The van der Waals surface area contributed by atoms with Gasteiger partial charge in [0.15, 0.2) is 11.6 Å². The maximum absolute atomic E-state index is 12.6. The van der Waals surface area contributed by atoms with Crippen molar-refractivity contribution in [1.29, 1.82) is 0 Å². The number of anilines is 3. The van der Waals surface area contributed by atoms with Crippen LogP contribution >= 0.6 is 0 Å². The van der Waals surface area contributed by atoms with Crippen LogP contribution in [0.3, 0.4) is 0 Å². The van der Waals surface area contributed by atoms with Gasteiger partial charge in [-0.15, -0.1) is 0 Å². The molecule has 2 amide bonds. The number of nitrogens with one attached hydrogen (secondary N) is 2. The summed E-state index contributed by atoms with van der Waals surface area (Å²) in [5.74, 6) is 1.95. The van der Waals surface area contributed by atoms with E-state index < -0.39 is 6.03 Å². The summed E-state index contributed by atoms with van der Waals surface area (Å²) in [5.41, 5.74) is 10.9. The summed E-state index contributed by atoms with van der Waals surface area (Å²) in [6.45, 7) is 10.7. The molecular weight excluding hydrogens is 530 g/mol. The lowest BCUT2D eigenvalue weighted by Crippen LogP contribution is -2.49. The van der Waals surface area contributed by atoms with Gasteiger partial charge in [0.25, 0.3) is 0 Å². The van der Waals surface area contributed by atoms with Gasteiger partial charge in [0.2, 0.25) is 0 Å². The van der Waals surface area contributed by atoms with E-state index in [1.165, 1.54) is 38.0 Å². The number of rotatable bonds is 5. The maximum atomic E-state index is 12.6. The van der Waals surface area contributed by atoms with Gasteiger partial charge in [0.1, 0.15) is 17.6 Å². The van der Waals surface area contributed by atoms with E-state index in [0.29, 0.717) is 35.0 Å². The number of carbonyl (C=O) groups is 1. The Labute approximate surface area is 246 Å². The number of nitrogens with two attached hydrogens (primary N) is 1. The fraction of sp³-hybridized carbons (Fsp3) is 0.484. The minimum absolute atomic E-state index is 0.194. The van der Waals surface area contributed by atoms with Crippen molar-refractivity contribution in [1.82, 2.24) is 29.6 Å². The Morgan fingerprint density at radius 1 is 1.00 bits per heavy atom. The van der Waals surface area contributed by atoms with Crippen LogP contribution in [0, 0.1) is 0 Å². The molecule has 3 aromatic heterocycles. The van der Waals surface area contributed by atoms with Gasteiger partial charge in [0, 0.05) is 66.6 Å². The zero-order valence-corrected chi connectivity index (χ0v) is 24.9. The summed E-state index contributed by atoms with van der Waals surface area (Å²) in [5, 5.41) is 14.2. The van der Waals surface area contributed by atoms with Crippen molar-refractivity contribution in [2.45, 2.75) is 63.8 Å². The molecule has 0 radical (unpaired) electrons. The molecular formula is C31H41N9O2. The van der Waals surface area contributed by atoms with E-state index in [2.05, 4.69) is 48.8 Å². The summed E-state index contributed by atoms with van der Waals surface area (Å²) in [6, 6.07) is 12.0. The first kappa shape index (κ1) is 28.2. The van der Waals surface area contributed by atoms with E-state index in [4.69, 9.17) is 10.3 Å². The molecule has 0 spiro atoms. The van der Waals surface area contributed by atoms with Crippen LogP contribution in [0.2, 0.25) is 0 Å². The minimum atomic E-state index is -0.391. The fourth-order valence-electron chi connectivity index (χ4n) is 6.23. The highest BCUT2D eigenvalue weighted by Gasteiger charge is 2.30. The molecule has 4 aromatic rings. The van der Waals surface area contributed by atoms with Crippen LogP contribution in [0.1, 0.15) is 63.8 Å². The smallest absolute Gasteiger partial charge is 0.324 e. The Morgan fingerprint density at radius 3 is 2.38 bits per heavy atom. The number of amides is 2. The highest BCUT2D eigenvalue weighted by Crippen LogP contribution is 2.40. The molecule has 0 bridgehead atoms. The molecule has 6 rings (SSSR count). The lowest BCUT2D eigenvalue weighted by Gasteiger charge is -2.41. The molecule has 42 heavy (non-hydrogen) atoms. The summed E-state index contributed by atoms with van der Waals surface area (Å²) < 4.78 is 7.34. The van der Waals surface area contributed by atoms with E-state index in [9.17, 15) is 4.79 Å². The van der Waals surface area contributed by atoms with Crippen LogP contribution in [0.4, 0.5) is 22.1 Å². The second kappa shape index (κ2) is 11.4. The average molecular weight is 572 g/mol. The predicted molar refractivity (Wildman–Crippen MR) is 165 cm³/mol. The van der Waals surface area contributed by atoms with Gasteiger partial charge in [-0.25, -0.2) is 14.3 Å². The average Bonchev–Trinajstić information content (AvgIpc) is 3.60.